The van der Waals surface area contributed by atoms with Crippen molar-refractivity contribution in [3.63, 3.8) is 0 Å². The van der Waals surface area contributed by atoms with E-state index in [9.17, 15) is 9.59 Å². The minimum atomic E-state index is -0.623. The quantitative estimate of drug-likeness (QED) is 0.736. The maximum absolute atomic E-state index is 12.0. The first-order chi connectivity index (χ1) is 9.10. The standard InChI is InChI=1S/C12H17N3O2S2/c1-7(16)13-9(6-18)11(17)15-12-14-8-4-2-3-5-10(8)19-12/h9,18H,2-6H2,1H3,(H,13,16)(H,14,15,17). The topological polar surface area (TPSA) is 71.1 Å². The number of hydrogen-bond acceptors (Lipinski definition) is 5. The number of aryl methyl sites for hydroxylation is 2. The van der Waals surface area contributed by atoms with Crippen molar-refractivity contribution in [3.05, 3.63) is 10.6 Å². The Labute approximate surface area is 121 Å². The zero-order valence-corrected chi connectivity index (χ0v) is 12.4. The Morgan fingerprint density at radius 1 is 1.42 bits per heavy atom. The van der Waals surface area contributed by atoms with Crippen LogP contribution >= 0.6 is 24.0 Å². The van der Waals surface area contributed by atoms with Crippen LogP contribution in [0.2, 0.25) is 0 Å². The fourth-order valence-electron chi connectivity index (χ4n) is 2.04. The van der Waals surface area contributed by atoms with Gasteiger partial charge >= 0.3 is 0 Å². The zero-order chi connectivity index (χ0) is 13.8. The second kappa shape index (κ2) is 6.38. The van der Waals surface area contributed by atoms with Crippen LogP contribution in [0.4, 0.5) is 5.13 Å². The van der Waals surface area contributed by atoms with E-state index >= 15 is 0 Å². The molecule has 1 unspecified atom stereocenters. The van der Waals surface area contributed by atoms with Gasteiger partial charge in [-0.1, -0.05) is 0 Å². The lowest BCUT2D eigenvalue weighted by molar-refractivity contribution is -0.124. The van der Waals surface area contributed by atoms with E-state index in [0.29, 0.717) is 5.13 Å². The van der Waals surface area contributed by atoms with Crippen molar-refractivity contribution in [2.24, 2.45) is 0 Å². The smallest absolute Gasteiger partial charge is 0.249 e. The third-order valence-electron chi connectivity index (χ3n) is 2.95. The minimum Gasteiger partial charge on any atom is -0.344 e. The summed E-state index contributed by atoms with van der Waals surface area (Å²) in [5, 5.41) is 5.94. The number of carbonyl (C=O) groups excluding carboxylic acids is 2. The van der Waals surface area contributed by atoms with E-state index in [1.807, 2.05) is 0 Å². The van der Waals surface area contributed by atoms with Crippen LogP contribution in [0.1, 0.15) is 30.3 Å². The van der Waals surface area contributed by atoms with Gasteiger partial charge in [0, 0.05) is 17.6 Å². The molecule has 1 aromatic rings. The molecule has 0 saturated heterocycles. The van der Waals surface area contributed by atoms with E-state index in [4.69, 9.17) is 0 Å². The second-order valence-corrected chi connectivity index (χ2v) is 5.97. The van der Waals surface area contributed by atoms with Crippen molar-refractivity contribution in [2.45, 2.75) is 38.6 Å². The lowest BCUT2D eigenvalue weighted by atomic mass is 10.0. The Balaban J connectivity index is 2.01. The number of amides is 2. The number of nitrogens with one attached hydrogen (secondary N) is 2. The van der Waals surface area contributed by atoms with E-state index in [1.54, 1.807) is 0 Å². The van der Waals surface area contributed by atoms with Gasteiger partial charge in [-0.15, -0.1) is 11.3 Å². The molecule has 2 N–H and O–H groups in total. The third kappa shape index (κ3) is 3.70. The van der Waals surface area contributed by atoms with Crippen molar-refractivity contribution < 1.29 is 9.59 Å². The SMILES string of the molecule is CC(=O)NC(CS)C(=O)Nc1nc2c(s1)CCCC2. The van der Waals surface area contributed by atoms with Crippen LogP contribution in [0, 0.1) is 0 Å². The number of thiazole rings is 1. The zero-order valence-electron chi connectivity index (χ0n) is 10.7. The van der Waals surface area contributed by atoms with Crippen LogP contribution < -0.4 is 10.6 Å². The van der Waals surface area contributed by atoms with Crippen molar-refractivity contribution in [1.29, 1.82) is 0 Å². The summed E-state index contributed by atoms with van der Waals surface area (Å²) in [6, 6.07) is -0.623. The Hall–Kier alpha value is -1.08. The van der Waals surface area contributed by atoms with Crippen LogP contribution in [-0.2, 0) is 22.4 Å². The van der Waals surface area contributed by atoms with Gasteiger partial charge in [0.05, 0.1) is 5.69 Å². The summed E-state index contributed by atoms with van der Waals surface area (Å²) in [6.07, 6.45) is 4.39. The van der Waals surface area contributed by atoms with Crippen LogP contribution in [-0.4, -0.2) is 28.6 Å². The summed E-state index contributed by atoms with van der Waals surface area (Å²) in [4.78, 5) is 28.7. The van der Waals surface area contributed by atoms with Gasteiger partial charge in [-0.05, 0) is 25.7 Å². The highest BCUT2D eigenvalue weighted by atomic mass is 32.1. The van der Waals surface area contributed by atoms with Gasteiger partial charge in [-0.3, -0.25) is 9.59 Å². The average Bonchev–Trinajstić information content (AvgIpc) is 2.77. The van der Waals surface area contributed by atoms with Gasteiger partial charge < -0.3 is 10.6 Å². The Morgan fingerprint density at radius 2 is 2.16 bits per heavy atom. The molecule has 7 heteroatoms. The first-order valence-corrected chi connectivity index (χ1v) is 7.72. The molecule has 0 bridgehead atoms. The van der Waals surface area contributed by atoms with Gasteiger partial charge in [0.2, 0.25) is 11.8 Å². The number of fused-ring (bicyclic) bond motifs is 1. The molecule has 2 rings (SSSR count). The van der Waals surface area contributed by atoms with Gasteiger partial charge in [0.1, 0.15) is 6.04 Å². The maximum atomic E-state index is 12.0. The second-order valence-electron chi connectivity index (χ2n) is 4.52. The first kappa shape index (κ1) is 14.3. The molecular weight excluding hydrogens is 282 g/mol. The lowest BCUT2D eigenvalue weighted by Crippen LogP contribution is -2.44. The van der Waals surface area contributed by atoms with Crippen molar-refractivity contribution in [1.82, 2.24) is 10.3 Å². The molecule has 1 aliphatic rings. The van der Waals surface area contributed by atoms with E-state index in [0.717, 1.165) is 25.0 Å². The molecule has 1 heterocycles. The predicted molar refractivity (Wildman–Crippen MR) is 78.8 cm³/mol. The summed E-state index contributed by atoms with van der Waals surface area (Å²) in [6.45, 7) is 1.38. The molecule has 5 nitrogen and oxygen atoms in total. The number of aromatic nitrogens is 1. The minimum absolute atomic E-state index is 0.243. The van der Waals surface area contributed by atoms with Crippen molar-refractivity contribution in [2.75, 3.05) is 11.1 Å². The largest absolute Gasteiger partial charge is 0.344 e. The molecule has 1 aromatic heterocycles. The van der Waals surface area contributed by atoms with Gasteiger partial charge in [0.25, 0.3) is 0 Å². The predicted octanol–water partition coefficient (Wildman–Crippen LogP) is 1.39. The molecule has 1 atom stereocenters. The Kier molecular flexibility index (Phi) is 4.81. The van der Waals surface area contributed by atoms with E-state index in [2.05, 4.69) is 28.2 Å². The van der Waals surface area contributed by atoms with E-state index in [1.165, 1.54) is 29.6 Å². The van der Waals surface area contributed by atoms with Crippen LogP contribution in [0.5, 0.6) is 0 Å². The summed E-state index contributed by atoms with van der Waals surface area (Å²) in [5.41, 5.74) is 1.11. The Morgan fingerprint density at radius 3 is 2.79 bits per heavy atom. The number of anilines is 1. The molecule has 0 spiro atoms. The molecule has 2 amide bonds. The fraction of sp³-hybridized carbons (Fsp3) is 0.583. The molecule has 1 aliphatic carbocycles. The number of thiol groups is 1. The molecule has 19 heavy (non-hydrogen) atoms. The van der Waals surface area contributed by atoms with Gasteiger partial charge in [0.15, 0.2) is 5.13 Å². The monoisotopic (exact) mass is 299 g/mol. The van der Waals surface area contributed by atoms with Gasteiger partial charge in [-0.2, -0.15) is 12.6 Å². The average molecular weight is 299 g/mol. The normalized spacial score (nSPS) is 15.5. The van der Waals surface area contributed by atoms with E-state index < -0.39 is 6.04 Å². The summed E-state index contributed by atoms with van der Waals surface area (Å²) >= 11 is 5.61. The van der Waals surface area contributed by atoms with Crippen LogP contribution in [0.25, 0.3) is 0 Å². The molecule has 0 aliphatic heterocycles. The Bertz CT molecular complexity index is 464. The molecule has 0 saturated carbocycles. The fourth-order valence-corrected chi connectivity index (χ4v) is 3.35. The molecule has 0 fully saturated rings. The summed E-state index contributed by atoms with van der Waals surface area (Å²) in [5.74, 6) is -0.250. The van der Waals surface area contributed by atoms with E-state index in [-0.39, 0.29) is 17.6 Å². The number of carbonyl (C=O) groups is 2. The van der Waals surface area contributed by atoms with Crippen molar-refractivity contribution >= 4 is 40.9 Å². The summed E-state index contributed by atoms with van der Waals surface area (Å²) in [7, 11) is 0. The molecular formula is C12H17N3O2S2. The summed E-state index contributed by atoms with van der Waals surface area (Å²) < 4.78 is 0. The van der Waals surface area contributed by atoms with Crippen LogP contribution in [0.15, 0.2) is 0 Å². The maximum Gasteiger partial charge on any atom is 0.249 e. The number of rotatable bonds is 4. The molecule has 104 valence electrons. The van der Waals surface area contributed by atoms with Gasteiger partial charge in [-0.25, -0.2) is 4.98 Å². The molecule has 0 aromatic carbocycles. The highest BCUT2D eigenvalue weighted by Gasteiger charge is 2.21. The van der Waals surface area contributed by atoms with Crippen LogP contribution in [0.3, 0.4) is 0 Å². The molecule has 0 radical (unpaired) electrons. The highest BCUT2D eigenvalue weighted by molar-refractivity contribution is 7.80. The third-order valence-corrected chi connectivity index (χ3v) is 4.39. The van der Waals surface area contributed by atoms with Crippen molar-refractivity contribution in [3.8, 4) is 0 Å². The number of hydrogen-bond donors (Lipinski definition) is 3. The number of nitrogens with zero attached hydrogens (tertiary/aromatic N) is 1. The highest BCUT2D eigenvalue weighted by Crippen LogP contribution is 2.29. The first-order valence-electron chi connectivity index (χ1n) is 6.27. The lowest BCUT2D eigenvalue weighted by Gasteiger charge is -2.13.